The van der Waals surface area contributed by atoms with Crippen LogP contribution in [0, 0.1) is 6.92 Å². The van der Waals surface area contributed by atoms with Crippen LogP contribution in [0.2, 0.25) is 0 Å². The summed E-state index contributed by atoms with van der Waals surface area (Å²) in [5.74, 6) is 1.01. The molecule has 0 aliphatic rings. The van der Waals surface area contributed by atoms with E-state index in [4.69, 9.17) is 4.98 Å². The molecule has 1 aromatic heterocycles. The van der Waals surface area contributed by atoms with Crippen LogP contribution in [0.5, 0.6) is 0 Å². The van der Waals surface area contributed by atoms with Gasteiger partial charge < -0.3 is 9.88 Å². The molecular formula is C16H17N3. The topological polar surface area (TPSA) is 29.9 Å². The number of hydrogen-bond acceptors (Lipinski definition) is 2. The van der Waals surface area contributed by atoms with Crippen molar-refractivity contribution in [2.24, 2.45) is 7.05 Å². The van der Waals surface area contributed by atoms with Crippen LogP contribution in [0.4, 0.5) is 5.69 Å². The quantitative estimate of drug-likeness (QED) is 0.754. The maximum atomic E-state index is 4.74. The van der Waals surface area contributed by atoms with Crippen molar-refractivity contribution in [2.75, 3.05) is 12.4 Å². The summed E-state index contributed by atoms with van der Waals surface area (Å²) in [5.41, 5.74) is 5.76. The predicted molar refractivity (Wildman–Crippen MR) is 80.4 cm³/mol. The van der Waals surface area contributed by atoms with Crippen molar-refractivity contribution in [1.82, 2.24) is 9.55 Å². The van der Waals surface area contributed by atoms with E-state index in [0.717, 1.165) is 22.6 Å². The Bertz CT molecular complexity index is 724. The number of benzene rings is 2. The van der Waals surface area contributed by atoms with E-state index in [-0.39, 0.29) is 0 Å². The minimum atomic E-state index is 1.01. The lowest BCUT2D eigenvalue weighted by atomic mass is 10.2. The van der Waals surface area contributed by atoms with Crippen LogP contribution in [0.15, 0.2) is 42.5 Å². The summed E-state index contributed by atoms with van der Waals surface area (Å²) < 4.78 is 2.17. The van der Waals surface area contributed by atoms with Crippen LogP contribution in [0.25, 0.3) is 22.4 Å². The Labute approximate surface area is 112 Å². The number of para-hydroxylation sites is 1. The molecule has 3 nitrogen and oxygen atoms in total. The fraction of sp³-hybridized carbons (Fsp3) is 0.188. The Kier molecular flexibility index (Phi) is 2.75. The minimum absolute atomic E-state index is 1.01. The van der Waals surface area contributed by atoms with Crippen LogP contribution in [-0.4, -0.2) is 16.6 Å². The summed E-state index contributed by atoms with van der Waals surface area (Å²) >= 11 is 0. The summed E-state index contributed by atoms with van der Waals surface area (Å²) in [5, 5.41) is 3.13. The third kappa shape index (κ3) is 1.87. The van der Waals surface area contributed by atoms with Crippen molar-refractivity contribution in [3.63, 3.8) is 0 Å². The molecule has 96 valence electrons. The summed E-state index contributed by atoms with van der Waals surface area (Å²) in [6.07, 6.45) is 0. The lowest BCUT2D eigenvalue weighted by Crippen LogP contribution is -1.94. The predicted octanol–water partition coefficient (Wildman–Crippen LogP) is 3.59. The molecule has 3 rings (SSSR count). The molecule has 0 bridgehead atoms. The van der Waals surface area contributed by atoms with Crippen molar-refractivity contribution < 1.29 is 0 Å². The number of rotatable bonds is 2. The Morgan fingerprint density at radius 1 is 1.05 bits per heavy atom. The van der Waals surface area contributed by atoms with E-state index in [9.17, 15) is 0 Å². The molecule has 0 aliphatic heterocycles. The van der Waals surface area contributed by atoms with Gasteiger partial charge in [0.15, 0.2) is 0 Å². The highest BCUT2D eigenvalue weighted by molar-refractivity contribution is 5.83. The van der Waals surface area contributed by atoms with Crippen molar-refractivity contribution in [3.05, 3.63) is 48.0 Å². The average Bonchev–Trinajstić information content (AvgIpc) is 2.78. The fourth-order valence-corrected chi connectivity index (χ4v) is 2.51. The van der Waals surface area contributed by atoms with Gasteiger partial charge >= 0.3 is 0 Å². The second kappa shape index (κ2) is 4.43. The zero-order chi connectivity index (χ0) is 13.4. The first kappa shape index (κ1) is 11.8. The molecule has 0 spiro atoms. The van der Waals surface area contributed by atoms with E-state index < -0.39 is 0 Å². The van der Waals surface area contributed by atoms with Crippen molar-refractivity contribution in [2.45, 2.75) is 6.92 Å². The smallest absolute Gasteiger partial charge is 0.140 e. The van der Waals surface area contributed by atoms with Gasteiger partial charge in [-0.3, -0.25) is 0 Å². The standard InChI is InChI=1S/C16H17N3/c1-11-5-4-6-14-15(11)19(3)16(18-14)12-7-9-13(17-2)10-8-12/h4-10,17H,1-3H3. The number of anilines is 1. The Morgan fingerprint density at radius 3 is 2.42 bits per heavy atom. The average molecular weight is 251 g/mol. The van der Waals surface area contributed by atoms with Gasteiger partial charge in [0.25, 0.3) is 0 Å². The molecule has 0 unspecified atom stereocenters. The van der Waals surface area contributed by atoms with Gasteiger partial charge in [-0.1, -0.05) is 12.1 Å². The van der Waals surface area contributed by atoms with Gasteiger partial charge in [-0.25, -0.2) is 4.98 Å². The number of nitrogens with one attached hydrogen (secondary N) is 1. The van der Waals surface area contributed by atoms with Crippen molar-refractivity contribution in [1.29, 1.82) is 0 Å². The van der Waals surface area contributed by atoms with Crippen LogP contribution in [-0.2, 0) is 7.05 Å². The van der Waals surface area contributed by atoms with E-state index >= 15 is 0 Å². The van der Waals surface area contributed by atoms with E-state index in [2.05, 4.69) is 66.3 Å². The Balaban J connectivity index is 2.19. The second-order valence-corrected chi connectivity index (χ2v) is 4.76. The highest BCUT2D eigenvalue weighted by Crippen LogP contribution is 2.26. The number of hydrogen-bond donors (Lipinski definition) is 1. The molecule has 0 aliphatic carbocycles. The summed E-state index contributed by atoms with van der Waals surface area (Å²) in [4.78, 5) is 4.74. The molecule has 0 radical (unpaired) electrons. The first-order chi connectivity index (χ1) is 9.20. The van der Waals surface area contributed by atoms with Crippen LogP contribution in [0.1, 0.15) is 5.56 Å². The van der Waals surface area contributed by atoms with Gasteiger partial charge in [0, 0.05) is 25.3 Å². The monoisotopic (exact) mass is 251 g/mol. The molecule has 1 heterocycles. The Hall–Kier alpha value is -2.29. The number of aromatic nitrogens is 2. The normalized spacial score (nSPS) is 10.9. The van der Waals surface area contributed by atoms with Crippen LogP contribution >= 0.6 is 0 Å². The molecule has 0 fully saturated rings. The third-order valence-corrected chi connectivity index (χ3v) is 3.53. The van der Waals surface area contributed by atoms with E-state index in [1.807, 2.05) is 7.05 Å². The first-order valence-electron chi connectivity index (χ1n) is 6.41. The highest BCUT2D eigenvalue weighted by Gasteiger charge is 2.10. The molecular weight excluding hydrogens is 234 g/mol. The van der Waals surface area contributed by atoms with Gasteiger partial charge in [0.05, 0.1) is 11.0 Å². The van der Waals surface area contributed by atoms with Gasteiger partial charge in [0.2, 0.25) is 0 Å². The highest BCUT2D eigenvalue weighted by atomic mass is 15.1. The lowest BCUT2D eigenvalue weighted by molar-refractivity contribution is 0.955. The lowest BCUT2D eigenvalue weighted by Gasteiger charge is -2.05. The minimum Gasteiger partial charge on any atom is -0.388 e. The van der Waals surface area contributed by atoms with Gasteiger partial charge in [-0.05, 0) is 42.8 Å². The van der Waals surface area contributed by atoms with Crippen LogP contribution in [0.3, 0.4) is 0 Å². The fourth-order valence-electron chi connectivity index (χ4n) is 2.51. The van der Waals surface area contributed by atoms with Gasteiger partial charge in [-0.15, -0.1) is 0 Å². The van der Waals surface area contributed by atoms with E-state index in [1.165, 1.54) is 11.1 Å². The third-order valence-electron chi connectivity index (χ3n) is 3.53. The molecule has 0 saturated heterocycles. The number of nitrogens with zero attached hydrogens (tertiary/aromatic N) is 2. The molecule has 19 heavy (non-hydrogen) atoms. The van der Waals surface area contributed by atoms with Crippen LogP contribution < -0.4 is 5.32 Å². The summed E-state index contributed by atoms with van der Waals surface area (Å²) in [6, 6.07) is 14.6. The molecule has 3 aromatic rings. The van der Waals surface area contributed by atoms with Crippen molar-refractivity contribution >= 4 is 16.7 Å². The van der Waals surface area contributed by atoms with E-state index in [0.29, 0.717) is 0 Å². The molecule has 1 N–H and O–H groups in total. The largest absolute Gasteiger partial charge is 0.388 e. The molecule has 3 heteroatoms. The maximum Gasteiger partial charge on any atom is 0.140 e. The molecule has 0 saturated carbocycles. The van der Waals surface area contributed by atoms with Gasteiger partial charge in [-0.2, -0.15) is 0 Å². The van der Waals surface area contributed by atoms with E-state index in [1.54, 1.807) is 0 Å². The second-order valence-electron chi connectivity index (χ2n) is 4.76. The summed E-state index contributed by atoms with van der Waals surface area (Å²) in [6.45, 7) is 2.12. The van der Waals surface area contributed by atoms with Crippen molar-refractivity contribution in [3.8, 4) is 11.4 Å². The SMILES string of the molecule is CNc1ccc(-c2nc3cccc(C)c3n2C)cc1. The molecule has 0 atom stereocenters. The number of aryl methyl sites for hydroxylation is 2. The molecule has 2 aromatic carbocycles. The Morgan fingerprint density at radius 2 is 1.79 bits per heavy atom. The number of fused-ring (bicyclic) bond motifs is 1. The van der Waals surface area contributed by atoms with Gasteiger partial charge in [0.1, 0.15) is 5.82 Å². The maximum absolute atomic E-state index is 4.74. The zero-order valence-corrected chi connectivity index (χ0v) is 11.4. The zero-order valence-electron chi connectivity index (χ0n) is 11.4. The summed E-state index contributed by atoms with van der Waals surface area (Å²) in [7, 11) is 4.00. The number of imidazole rings is 1. The molecule has 0 amide bonds. The first-order valence-corrected chi connectivity index (χ1v) is 6.41.